The number of hydrogen-bond acceptors (Lipinski definition) is 2. The lowest BCUT2D eigenvalue weighted by atomic mass is 10.1. The van der Waals surface area contributed by atoms with Gasteiger partial charge in [0.05, 0.1) is 6.04 Å². The first-order valence-corrected chi connectivity index (χ1v) is 3.90. The molecular formula is C8H13NO2. The molecule has 1 saturated heterocycles. The lowest BCUT2D eigenvalue weighted by Crippen LogP contribution is -2.37. The van der Waals surface area contributed by atoms with Gasteiger partial charge < -0.3 is 4.90 Å². The number of amides is 1. The number of hydrogen-bond donors (Lipinski definition) is 0. The van der Waals surface area contributed by atoms with E-state index >= 15 is 0 Å². The molecule has 3 heteroatoms. The van der Waals surface area contributed by atoms with Gasteiger partial charge in [-0.2, -0.15) is 0 Å². The second-order valence-electron chi connectivity index (χ2n) is 2.98. The summed E-state index contributed by atoms with van der Waals surface area (Å²) in [6.07, 6.45) is 1.80. The molecule has 0 aromatic carbocycles. The van der Waals surface area contributed by atoms with Crippen molar-refractivity contribution in [2.24, 2.45) is 0 Å². The lowest BCUT2D eigenvalue weighted by molar-refractivity contribution is -0.135. The van der Waals surface area contributed by atoms with Crippen LogP contribution >= 0.6 is 0 Å². The topological polar surface area (TPSA) is 37.4 Å². The van der Waals surface area contributed by atoms with Crippen molar-refractivity contribution in [2.45, 2.75) is 32.7 Å². The molecular weight excluding hydrogens is 142 g/mol. The van der Waals surface area contributed by atoms with Gasteiger partial charge in [-0.3, -0.25) is 9.59 Å². The van der Waals surface area contributed by atoms with Gasteiger partial charge in [0.25, 0.3) is 0 Å². The molecule has 0 aromatic heterocycles. The fourth-order valence-corrected chi connectivity index (χ4v) is 1.57. The van der Waals surface area contributed by atoms with E-state index in [9.17, 15) is 9.59 Å². The number of Topliss-reactive ketones (excluding diaryl/α,β-unsaturated/α-hetero) is 1. The molecule has 0 radical (unpaired) electrons. The van der Waals surface area contributed by atoms with Crippen molar-refractivity contribution in [1.29, 1.82) is 0 Å². The first-order chi connectivity index (χ1) is 5.13. The minimum Gasteiger partial charge on any atom is -0.333 e. The monoisotopic (exact) mass is 155 g/mol. The Morgan fingerprint density at radius 2 is 2.00 bits per heavy atom. The molecule has 0 N–H and O–H groups in total. The molecule has 0 bridgehead atoms. The third-order valence-corrected chi connectivity index (χ3v) is 2.13. The van der Waals surface area contributed by atoms with Crippen LogP contribution in [-0.2, 0) is 9.59 Å². The lowest BCUT2D eigenvalue weighted by Gasteiger charge is -2.20. The van der Waals surface area contributed by atoms with E-state index in [2.05, 4.69) is 0 Å². The predicted octanol–water partition coefficient (Wildman–Crippen LogP) is 0.586. The van der Waals surface area contributed by atoms with Gasteiger partial charge in [0.15, 0.2) is 5.78 Å². The van der Waals surface area contributed by atoms with E-state index in [1.54, 1.807) is 11.8 Å². The predicted molar refractivity (Wildman–Crippen MR) is 41.1 cm³/mol. The van der Waals surface area contributed by atoms with Crippen molar-refractivity contribution in [1.82, 2.24) is 4.90 Å². The smallest absolute Gasteiger partial charge is 0.220 e. The molecule has 1 amide bonds. The minimum atomic E-state index is -0.132. The van der Waals surface area contributed by atoms with Gasteiger partial charge in [-0.25, -0.2) is 0 Å². The minimum absolute atomic E-state index is 0.0164. The van der Waals surface area contributed by atoms with Crippen molar-refractivity contribution < 1.29 is 9.59 Å². The van der Waals surface area contributed by atoms with Gasteiger partial charge in [-0.05, 0) is 19.8 Å². The van der Waals surface area contributed by atoms with E-state index in [1.165, 1.54) is 6.92 Å². The quantitative estimate of drug-likeness (QED) is 0.555. The number of rotatable bonds is 1. The van der Waals surface area contributed by atoms with Crippen LogP contribution in [0.2, 0.25) is 0 Å². The number of carbonyl (C=O) groups is 2. The normalized spacial score (nSPS) is 23.8. The van der Waals surface area contributed by atoms with Crippen LogP contribution in [0.25, 0.3) is 0 Å². The Balaban J connectivity index is 2.65. The Hall–Kier alpha value is -0.860. The fraction of sp³-hybridized carbons (Fsp3) is 0.750. The van der Waals surface area contributed by atoms with Crippen LogP contribution in [0.5, 0.6) is 0 Å². The summed E-state index contributed by atoms with van der Waals surface area (Å²) in [5, 5.41) is 0. The molecule has 11 heavy (non-hydrogen) atoms. The summed E-state index contributed by atoms with van der Waals surface area (Å²) in [4.78, 5) is 23.6. The summed E-state index contributed by atoms with van der Waals surface area (Å²) in [7, 11) is 0. The van der Waals surface area contributed by atoms with Gasteiger partial charge in [0.2, 0.25) is 5.91 Å². The number of carbonyl (C=O) groups excluding carboxylic acids is 2. The van der Waals surface area contributed by atoms with Crippen LogP contribution in [0.3, 0.4) is 0 Å². The summed E-state index contributed by atoms with van der Waals surface area (Å²) in [6.45, 7) is 3.81. The average Bonchev–Trinajstić information content (AvgIpc) is 2.32. The van der Waals surface area contributed by atoms with Gasteiger partial charge >= 0.3 is 0 Å². The number of likely N-dealkylation sites (tertiary alicyclic amines) is 1. The summed E-state index contributed by atoms with van der Waals surface area (Å²) < 4.78 is 0. The van der Waals surface area contributed by atoms with Crippen molar-refractivity contribution in [3.05, 3.63) is 0 Å². The van der Waals surface area contributed by atoms with E-state index in [0.29, 0.717) is 0 Å². The molecule has 3 nitrogen and oxygen atoms in total. The second kappa shape index (κ2) is 3.03. The Morgan fingerprint density at radius 3 is 2.36 bits per heavy atom. The van der Waals surface area contributed by atoms with E-state index < -0.39 is 0 Å². The number of ketones is 1. The Bertz CT molecular complexity index is 169. The maximum absolute atomic E-state index is 11.0. The van der Waals surface area contributed by atoms with Gasteiger partial charge in [-0.1, -0.05) is 0 Å². The standard InChI is InChI=1S/C8H13NO2/c1-6(10)8-4-3-5-9(8)7(2)11/h8H,3-5H2,1-2H3/t8-/m0/s1. The first-order valence-electron chi connectivity index (χ1n) is 3.90. The Morgan fingerprint density at radius 1 is 1.36 bits per heavy atom. The van der Waals surface area contributed by atoms with E-state index in [0.717, 1.165) is 19.4 Å². The van der Waals surface area contributed by atoms with Crippen LogP contribution in [0.4, 0.5) is 0 Å². The molecule has 0 unspecified atom stereocenters. The zero-order valence-electron chi connectivity index (χ0n) is 6.96. The highest BCUT2D eigenvalue weighted by Crippen LogP contribution is 2.17. The molecule has 0 saturated carbocycles. The molecule has 1 atom stereocenters. The maximum atomic E-state index is 11.0. The van der Waals surface area contributed by atoms with Crippen LogP contribution in [0, 0.1) is 0 Å². The van der Waals surface area contributed by atoms with Crippen molar-refractivity contribution in [3.63, 3.8) is 0 Å². The van der Waals surface area contributed by atoms with Crippen LogP contribution in [0.1, 0.15) is 26.7 Å². The van der Waals surface area contributed by atoms with Crippen LogP contribution < -0.4 is 0 Å². The molecule has 0 aromatic rings. The Labute approximate surface area is 66.4 Å². The third-order valence-electron chi connectivity index (χ3n) is 2.13. The van der Waals surface area contributed by atoms with Gasteiger partial charge in [0.1, 0.15) is 0 Å². The highest BCUT2D eigenvalue weighted by atomic mass is 16.2. The fourth-order valence-electron chi connectivity index (χ4n) is 1.57. The molecule has 1 aliphatic heterocycles. The SMILES string of the molecule is CC(=O)[C@@H]1CCCN1C(C)=O. The summed E-state index contributed by atoms with van der Waals surface area (Å²) >= 11 is 0. The van der Waals surface area contributed by atoms with E-state index in [-0.39, 0.29) is 17.7 Å². The van der Waals surface area contributed by atoms with E-state index in [4.69, 9.17) is 0 Å². The van der Waals surface area contributed by atoms with Crippen LogP contribution in [-0.4, -0.2) is 29.2 Å². The first kappa shape index (κ1) is 8.24. The summed E-state index contributed by atoms with van der Waals surface area (Å²) in [5.41, 5.74) is 0. The van der Waals surface area contributed by atoms with Crippen molar-refractivity contribution >= 4 is 11.7 Å². The zero-order valence-corrected chi connectivity index (χ0v) is 6.96. The molecule has 0 spiro atoms. The highest BCUT2D eigenvalue weighted by Gasteiger charge is 2.29. The molecule has 62 valence electrons. The zero-order chi connectivity index (χ0) is 8.43. The van der Waals surface area contributed by atoms with Gasteiger partial charge in [-0.15, -0.1) is 0 Å². The van der Waals surface area contributed by atoms with E-state index in [1.807, 2.05) is 0 Å². The van der Waals surface area contributed by atoms with Crippen molar-refractivity contribution in [3.8, 4) is 0 Å². The largest absolute Gasteiger partial charge is 0.333 e. The second-order valence-corrected chi connectivity index (χ2v) is 2.98. The molecule has 0 aliphatic carbocycles. The third kappa shape index (κ3) is 1.59. The molecule has 1 aliphatic rings. The molecule has 1 fully saturated rings. The Kier molecular flexibility index (Phi) is 2.27. The van der Waals surface area contributed by atoms with Gasteiger partial charge in [0, 0.05) is 13.5 Å². The molecule has 1 heterocycles. The maximum Gasteiger partial charge on any atom is 0.220 e. The summed E-state index contributed by atoms with van der Waals surface area (Å²) in [5.74, 6) is 0.125. The average molecular weight is 155 g/mol. The highest BCUT2D eigenvalue weighted by molar-refractivity contribution is 5.87. The van der Waals surface area contributed by atoms with Crippen molar-refractivity contribution in [2.75, 3.05) is 6.54 Å². The number of nitrogens with zero attached hydrogens (tertiary/aromatic N) is 1. The molecule has 1 rings (SSSR count). The summed E-state index contributed by atoms with van der Waals surface area (Å²) in [6, 6.07) is -0.132. The van der Waals surface area contributed by atoms with Crippen LogP contribution in [0.15, 0.2) is 0 Å².